The predicted molar refractivity (Wildman–Crippen MR) is 57.7 cm³/mol. The molecular formula is C11H19N3O. The number of hydrogen-bond acceptors (Lipinski definition) is 2. The minimum Gasteiger partial charge on any atom is -0.332 e. The number of nitrogens with one attached hydrogen (secondary N) is 2. The normalized spacial score (nSPS) is 36.8. The third-order valence-corrected chi connectivity index (χ3v) is 4.06. The summed E-state index contributed by atoms with van der Waals surface area (Å²) in [4.78, 5) is 14.1. The van der Waals surface area contributed by atoms with Crippen LogP contribution in [0, 0.1) is 0 Å². The van der Waals surface area contributed by atoms with Crippen molar-refractivity contribution in [3.05, 3.63) is 0 Å². The van der Waals surface area contributed by atoms with Gasteiger partial charge in [-0.1, -0.05) is 12.8 Å². The number of nitrogens with zero attached hydrogens (tertiary/aromatic N) is 1. The summed E-state index contributed by atoms with van der Waals surface area (Å²) in [6.45, 7) is 2.00. The Labute approximate surface area is 90.4 Å². The molecule has 0 bridgehead atoms. The Morgan fingerprint density at radius 2 is 2.00 bits per heavy atom. The van der Waals surface area contributed by atoms with E-state index in [-0.39, 0.29) is 6.03 Å². The van der Waals surface area contributed by atoms with Gasteiger partial charge in [0.25, 0.3) is 0 Å². The SMILES string of the molecule is O=C1N[C@H]2CNCC[C@H]2N1C1CCCC1. The molecule has 0 radical (unpaired) electrons. The maximum atomic E-state index is 11.9. The third kappa shape index (κ3) is 1.51. The first-order chi connectivity index (χ1) is 7.36. The van der Waals surface area contributed by atoms with Crippen LogP contribution < -0.4 is 10.6 Å². The van der Waals surface area contributed by atoms with Crippen molar-refractivity contribution < 1.29 is 4.79 Å². The molecular weight excluding hydrogens is 190 g/mol. The summed E-state index contributed by atoms with van der Waals surface area (Å²) in [6, 6.07) is 1.52. The molecule has 2 saturated heterocycles. The van der Waals surface area contributed by atoms with Crippen LogP contribution in [0.2, 0.25) is 0 Å². The number of amides is 2. The molecule has 4 heteroatoms. The standard InChI is InChI=1S/C11H19N3O/c15-11-13-9-7-12-6-5-10(9)14(11)8-3-1-2-4-8/h8-10,12H,1-7H2,(H,13,15)/t9-,10+/m0/s1. The van der Waals surface area contributed by atoms with Gasteiger partial charge in [-0.05, 0) is 25.8 Å². The van der Waals surface area contributed by atoms with E-state index in [0.29, 0.717) is 18.1 Å². The molecule has 0 aromatic heterocycles. The van der Waals surface area contributed by atoms with E-state index >= 15 is 0 Å². The van der Waals surface area contributed by atoms with Gasteiger partial charge >= 0.3 is 6.03 Å². The van der Waals surface area contributed by atoms with E-state index in [1.165, 1.54) is 25.7 Å². The van der Waals surface area contributed by atoms with Crippen molar-refractivity contribution in [2.24, 2.45) is 0 Å². The summed E-state index contributed by atoms with van der Waals surface area (Å²) < 4.78 is 0. The van der Waals surface area contributed by atoms with Gasteiger partial charge in [-0.3, -0.25) is 0 Å². The first-order valence-corrected chi connectivity index (χ1v) is 6.16. The number of rotatable bonds is 1. The second-order valence-electron chi connectivity index (χ2n) is 4.96. The average Bonchev–Trinajstić information content (AvgIpc) is 2.82. The summed E-state index contributed by atoms with van der Waals surface area (Å²) in [7, 11) is 0. The predicted octanol–water partition coefficient (Wildman–Crippen LogP) is 0.685. The summed E-state index contributed by atoms with van der Waals surface area (Å²) >= 11 is 0. The lowest BCUT2D eigenvalue weighted by atomic mass is 10.00. The second kappa shape index (κ2) is 3.67. The van der Waals surface area contributed by atoms with Crippen molar-refractivity contribution in [1.29, 1.82) is 0 Å². The minimum absolute atomic E-state index is 0.181. The Morgan fingerprint density at radius 3 is 2.80 bits per heavy atom. The van der Waals surface area contributed by atoms with E-state index in [4.69, 9.17) is 0 Å². The molecule has 0 aromatic rings. The van der Waals surface area contributed by atoms with Crippen LogP contribution >= 0.6 is 0 Å². The molecule has 2 heterocycles. The molecule has 2 aliphatic heterocycles. The average molecular weight is 209 g/mol. The third-order valence-electron chi connectivity index (χ3n) is 4.06. The molecule has 0 aromatic carbocycles. The summed E-state index contributed by atoms with van der Waals surface area (Å²) in [5, 5.41) is 6.45. The Morgan fingerprint density at radius 1 is 1.20 bits per heavy atom. The first-order valence-electron chi connectivity index (χ1n) is 6.16. The number of urea groups is 1. The Kier molecular flexibility index (Phi) is 2.31. The Hall–Kier alpha value is -0.770. The molecule has 0 spiro atoms. The van der Waals surface area contributed by atoms with E-state index < -0.39 is 0 Å². The molecule has 3 aliphatic rings. The van der Waals surface area contributed by atoms with Crippen LogP contribution in [0.4, 0.5) is 4.79 Å². The highest BCUT2D eigenvalue weighted by Crippen LogP contribution is 2.30. The quantitative estimate of drug-likeness (QED) is 0.667. The van der Waals surface area contributed by atoms with Crippen LogP contribution in [0.5, 0.6) is 0 Å². The first kappa shape index (κ1) is 9.46. The highest BCUT2D eigenvalue weighted by Gasteiger charge is 2.44. The minimum atomic E-state index is 0.181. The van der Waals surface area contributed by atoms with Gasteiger partial charge in [0, 0.05) is 12.6 Å². The van der Waals surface area contributed by atoms with Gasteiger partial charge in [-0.15, -0.1) is 0 Å². The van der Waals surface area contributed by atoms with Crippen LogP contribution in [0.15, 0.2) is 0 Å². The fourth-order valence-electron chi connectivity index (χ4n) is 3.33. The number of fused-ring (bicyclic) bond motifs is 1. The fourth-order valence-corrected chi connectivity index (χ4v) is 3.33. The van der Waals surface area contributed by atoms with Crippen LogP contribution in [-0.2, 0) is 0 Å². The molecule has 3 rings (SSSR count). The van der Waals surface area contributed by atoms with Crippen LogP contribution in [0.25, 0.3) is 0 Å². The van der Waals surface area contributed by atoms with Gasteiger partial charge in [0.05, 0.1) is 12.1 Å². The van der Waals surface area contributed by atoms with Crippen molar-refractivity contribution in [2.75, 3.05) is 13.1 Å². The van der Waals surface area contributed by atoms with Gasteiger partial charge in [-0.2, -0.15) is 0 Å². The monoisotopic (exact) mass is 209 g/mol. The topological polar surface area (TPSA) is 44.4 Å². The summed E-state index contributed by atoms with van der Waals surface area (Å²) in [5.41, 5.74) is 0. The largest absolute Gasteiger partial charge is 0.332 e. The molecule has 0 unspecified atom stereocenters. The molecule has 15 heavy (non-hydrogen) atoms. The Bertz CT molecular complexity index is 263. The molecule has 84 valence electrons. The highest BCUT2D eigenvalue weighted by atomic mass is 16.2. The van der Waals surface area contributed by atoms with Crippen molar-refractivity contribution in [1.82, 2.24) is 15.5 Å². The molecule has 2 N–H and O–H groups in total. The summed E-state index contributed by atoms with van der Waals surface area (Å²) in [5.74, 6) is 0. The van der Waals surface area contributed by atoms with Crippen LogP contribution in [0.3, 0.4) is 0 Å². The van der Waals surface area contributed by atoms with E-state index in [1.807, 2.05) is 0 Å². The molecule has 4 nitrogen and oxygen atoms in total. The molecule has 2 amide bonds. The van der Waals surface area contributed by atoms with E-state index in [2.05, 4.69) is 15.5 Å². The van der Waals surface area contributed by atoms with Crippen molar-refractivity contribution in [2.45, 2.75) is 50.2 Å². The van der Waals surface area contributed by atoms with Crippen LogP contribution in [0.1, 0.15) is 32.1 Å². The van der Waals surface area contributed by atoms with E-state index in [1.54, 1.807) is 0 Å². The molecule has 2 atom stereocenters. The number of carbonyl (C=O) groups excluding carboxylic acids is 1. The molecule has 1 saturated carbocycles. The van der Waals surface area contributed by atoms with Crippen molar-refractivity contribution in [3.63, 3.8) is 0 Å². The highest BCUT2D eigenvalue weighted by molar-refractivity contribution is 5.78. The van der Waals surface area contributed by atoms with Crippen molar-refractivity contribution >= 4 is 6.03 Å². The lowest BCUT2D eigenvalue weighted by Gasteiger charge is -2.34. The zero-order valence-corrected chi connectivity index (χ0v) is 9.04. The smallest absolute Gasteiger partial charge is 0.318 e. The van der Waals surface area contributed by atoms with E-state index in [9.17, 15) is 4.79 Å². The fraction of sp³-hybridized carbons (Fsp3) is 0.909. The van der Waals surface area contributed by atoms with Gasteiger partial charge in [0.2, 0.25) is 0 Å². The maximum Gasteiger partial charge on any atom is 0.318 e. The zero-order valence-electron chi connectivity index (χ0n) is 9.04. The second-order valence-corrected chi connectivity index (χ2v) is 4.96. The number of carbonyl (C=O) groups is 1. The van der Waals surface area contributed by atoms with Gasteiger partial charge < -0.3 is 15.5 Å². The molecule has 3 fully saturated rings. The number of hydrogen-bond donors (Lipinski definition) is 2. The summed E-state index contributed by atoms with van der Waals surface area (Å²) in [6.07, 6.45) is 6.13. The number of piperidine rings is 1. The zero-order chi connectivity index (χ0) is 10.3. The van der Waals surface area contributed by atoms with Gasteiger partial charge in [0.15, 0.2) is 0 Å². The van der Waals surface area contributed by atoms with E-state index in [0.717, 1.165) is 19.5 Å². The molecule has 1 aliphatic carbocycles. The van der Waals surface area contributed by atoms with Gasteiger partial charge in [-0.25, -0.2) is 4.79 Å². The lowest BCUT2D eigenvalue weighted by Crippen LogP contribution is -2.50. The maximum absolute atomic E-state index is 11.9. The lowest BCUT2D eigenvalue weighted by molar-refractivity contribution is 0.160. The van der Waals surface area contributed by atoms with Crippen LogP contribution in [-0.4, -0.2) is 42.1 Å². The Balaban J connectivity index is 1.77. The van der Waals surface area contributed by atoms with Gasteiger partial charge in [0.1, 0.15) is 0 Å². The van der Waals surface area contributed by atoms with Crippen molar-refractivity contribution in [3.8, 4) is 0 Å².